The molecule has 106 valence electrons. The summed E-state index contributed by atoms with van der Waals surface area (Å²) in [5.74, 6) is -0.233. The number of carbonyl (C=O) groups excluding carboxylic acids is 1. The molecule has 0 radical (unpaired) electrons. The topological polar surface area (TPSA) is 85.8 Å². The first-order valence-corrected chi connectivity index (χ1v) is 7.10. The van der Waals surface area contributed by atoms with Crippen LogP contribution >= 0.6 is 11.3 Å². The molecule has 21 heavy (non-hydrogen) atoms. The zero-order valence-corrected chi connectivity index (χ0v) is 12.1. The number of amides is 1. The molecule has 2 heterocycles. The third kappa shape index (κ3) is 2.77. The second-order valence-corrected chi connectivity index (χ2v) is 5.37. The van der Waals surface area contributed by atoms with Gasteiger partial charge in [-0.25, -0.2) is 9.97 Å². The first-order chi connectivity index (χ1) is 10.1. The molecule has 0 saturated heterocycles. The molecule has 3 aromatic rings. The summed E-state index contributed by atoms with van der Waals surface area (Å²) in [6, 6.07) is 7.47. The van der Waals surface area contributed by atoms with Crippen molar-refractivity contribution in [2.24, 2.45) is 7.05 Å². The number of thiazole rings is 1. The van der Waals surface area contributed by atoms with Crippen LogP contribution < -0.4 is 11.1 Å². The molecule has 1 amide bonds. The number of rotatable bonds is 3. The van der Waals surface area contributed by atoms with Crippen LogP contribution in [0.5, 0.6) is 0 Å². The predicted molar refractivity (Wildman–Crippen MR) is 83.1 cm³/mol. The average molecular weight is 299 g/mol. The molecule has 1 aromatic carbocycles. The van der Waals surface area contributed by atoms with E-state index in [9.17, 15) is 4.79 Å². The van der Waals surface area contributed by atoms with E-state index in [4.69, 9.17) is 5.73 Å². The molecule has 0 fully saturated rings. The highest BCUT2D eigenvalue weighted by molar-refractivity contribution is 7.14. The molecule has 3 N–H and O–H groups in total. The molecule has 0 unspecified atom stereocenters. The lowest BCUT2D eigenvalue weighted by Gasteiger charge is -2.01. The van der Waals surface area contributed by atoms with Crippen molar-refractivity contribution in [3.8, 4) is 11.3 Å². The lowest BCUT2D eigenvalue weighted by Crippen LogP contribution is -2.15. The Morgan fingerprint density at radius 2 is 2.29 bits per heavy atom. The van der Waals surface area contributed by atoms with E-state index in [1.165, 1.54) is 17.5 Å². The van der Waals surface area contributed by atoms with Gasteiger partial charge in [0.05, 0.1) is 18.2 Å². The van der Waals surface area contributed by atoms with Gasteiger partial charge in [0.1, 0.15) is 5.69 Å². The zero-order valence-electron chi connectivity index (χ0n) is 11.3. The molecule has 7 heteroatoms. The average Bonchev–Trinajstić information content (AvgIpc) is 3.08. The second kappa shape index (κ2) is 5.37. The molecular formula is C14H13N5OS. The van der Waals surface area contributed by atoms with Crippen LogP contribution in [0.15, 0.2) is 42.2 Å². The first-order valence-electron chi connectivity index (χ1n) is 6.22. The van der Waals surface area contributed by atoms with E-state index >= 15 is 0 Å². The Hall–Kier alpha value is -2.67. The van der Waals surface area contributed by atoms with Crippen molar-refractivity contribution >= 4 is 28.1 Å². The summed E-state index contributed by atoms with van der Waals surface area (Å²) in [7, 11) is 1.77. The SMILES string of the molecule is Cn1cncc1C(=O)Nc1nc(-c2cccc(N)c2)cs1. The van der Waals surface area contributed by atoms with E-state index in [-0.39, 0.29) is 5.91 Å². The van der Waals surface area contributed by atoms with Crippen LogP contribution in [0.1, 0.15) is 10.5 Å². The normalized spacial score (nSPS) is 10.5. The highest BCUT2D eigenvalue weighted by Crippen LogP contribution is 2.26. The fourth-order valence-electron chi connectivity index (χ4n) is 1.90. The minimum absolute atomic E-state index is 0.233. The minimum atomic E-state index is -0.233. The van der Waals surface area contributed by atoms with Gasteiger partial charge in [0.25, 0.3) is 5.91 Å². The highest BCUT2D eigenvalue weighted by atomic mass is 32.1. The monoisotopic (exact) mass is 299 g/mol. The van der Waals surface area contributed by atoms with E-state index in [1.807, 2.05) is 29.6 Å². The van der Waals surface area contributed by atoms with Crippen molar-refractivity contribution in [1.82, 2.24) is 14.5 Å². The van der Waals surface area contributed by atoms with Crippen LogP contribution in [-0.4, -0.2) is 20.4 Å². The molecule has 0 aliphatic heterocycles. The standard InChI is InChI=1S/C14H13N5OS/c1-19-8-16-6-12(19)13(20)18-14-17-11(7-21-14)9-3-2-4-10(15)5-9/h2-8H,15H2,1H3,(H,17,18,20). The van der Waals surface area contributed by atoms with Gasteiger partial charge in [-0.05, 0) is 12.1 Å². The van der Waals surface area contributed by atoms with Crippen LogP contribution in [0.2, 0.25) is 0 Å². The number of nitrogens with one attached hydrogen (secondary N) is 1. The summed E-state index contributed by atoms with van der Waals surface area (Å²) >= 11 is 1.37. The van der Waals surface area contributed by atoms with Gasteiger partial charge in [-0.15, -0.1) is 11.3 Å². The number of aromatic nitrogens is 3. The summed E-state index contributed by atoms with van der Waals surface area (Å²) < 4.78 is 1.65. The Bertz CT molecular complexity index is 792. The summed E-state index contributed by atoms with van der Waals surface area (Å²) in [6.07, 6.45) is 3.09. The third-order valence-corrected chi connectivity index (χ3v) is 3.71. The molecule has 0 atom stereocenters. The van der Waals surface area contributed by atoms with E-state index in [0.29, 0.717) is 16.5 Å². The largest absolute Gasteiger partial charge is 0.399 e. The first kappa shape index (κ1) is 13.3. The number of nitrogens with zero attached hydrogens (tertiary/aromatic N) is 3. The fraction of sp³-hybridized carbons (Fsp3) is 0.0714. The number of aryl methyl sites for hydroxylation is 1. The molecule has 3 rings (SSSR count). The van der Waals surface area contributed by atoms with Gasteiger partial charge in [-0.3, -0.25) is 10.1 Å². The summed E-state index contributed by atoms with van der Waals surface area (Å²) in [5, 5.41) is 5.19. The van der Waals surface area contributed by atoms with Crippen LogP contribution in [0, 0.1) is 0 Å². The van der Waals surface area contributed by atoms with Crippen LogP contribution in [0.3, 0.4) is 0 Å². The number of hydrogen-bond donors (Lipinski definition) is 2. The number of nitrogens with two attached hydrogens (primary N) is 1. The second-order valence-electron chi connectivity index (χ2n) is 4.51. The fourth-order valence-corrected chi connectivity index (χ4v) is 2.61. The number of imidazole rings is 1. The highest BCUT2D eigenvalue weighted by Gasteiger charge is 2.12. The van der Waals surface area contributed by atoms with E-state index < -0.39 is 0 Å². The van der Waals surface area contributed by atoms with Crippen molar-refractivity contribution in [3.05, 3.63) is 47.9 Å². The van der Waals surface area contributed by atoms with Gasteiger partial charge in [0.15, 0.2) is 5.13 Å². The number of benzene rings is 1. The number of nitrogen functional groups attached to an aromatic ring is 1. The van der Waals surface area contributed by atoms with E-state index in [1.54, 1.807) is 17.9 Å². The number of anilines is 2. The lowest BCUT2D eigenvalue weighted by atomic mass is 10.1. The Morgan fingerprint density at radius 1 is 1.43 bits per heavy atom. The van der Waals surface area contributed by atoms with Gasteiger partial charge >= 0.3 is 0 Å². The third-order valence-electron chi connectivity index (χ3n) is 2.96. The quantitative estimate of drug-likeness (QED) is 0.727. The maximum atomic E-state index is 12.1. The van der Waals surface area contributed by atoms with Crippen molar-refractivity contribution in [2.45, 2.75) is 0 Å². The van der Waals surface area contributed by atoms with Crippen LogP contribution in [-0.2, 0) is 7.05 Å². The van der Waals surface area contributed by atoms with Crippen LogP contribution in [0.4, 0.5) is 10.8 Å². The van der Waals surface area contributed by atoms with Gasteiger partial charge in [0.2, 0.25) is 0 Å². The maximum Gasteiger partial charge on any atom is 0.275 e. The zero-order chi connectivity index (χ0) is 14.8. The summed E-state index contributed by atoms with van der Waals surface area (Å²) in [5.41, 5.74) is 8.63. The Labute approximate surface area is 125 Å². The molecule has 0 aliphatic rings. The Balaban J connectivity index is 1.80. The van der Waals surface area contributed by atoms with Gasteiger partial charge in [-0.2, -0.15) is 0 Å². The Morgan fingerprint density at radius 3 is 3.00 bits per heavy atom. The predicted octanol–water partition coefficient (Wildman–Crippen LogP) is 2.38. The number of carbonyl (C=O) groups is 1. The van der Waals surface area contributed by atoms with Crippen LogP contribution in [0.25, 0.3) is 11.3 Å². The van der Waals surface area contributed by atoms with Gasteiger partial charge in [-0.1, -0.05) is 12.1 Å². The van der Waals surface area contributed by atoms with Crippen molar-refractivity contribution in [2.75, 3.05) is 11.1 Å². The van der Waals surface area contributed by atoms with Crippen molar-refractivity contribution < 1.29 is 4.79 Å². The molecule has 2 aromatic heterocycles. The summed E-state index contributed by atoms with van der Waals surface area (Å²) in [6.45, 7) is 0. The summed E-state index contributed by atoms with van der Waals surface area (Å²) in [4.78, 5) is 20.4. The van der Waals surface area contributed by atoms with Gasteiger partial charge < -0.3 is 10.3 Å². The van der Waals surface area contributed by atoms with Crippen molar-refractivity contribution in [3.63, 3.8) is 0 Å². The maximum absolute atomic E-state index is 12.1. The molecular weight excluding hydrogens is 286 g/mol. The molecule has 0 spiro atoms. The smallest absolute Gasteiger partial charge is 0.275 e. The molecule has 0 saturated carbocycles. The van der Waals surface area contributed by atoms with E-state index in [0.717, 1.165) is 11.3 Å². The molecule has 0 bridgehead atoms. The molecule has 0 aliphatic carbocycles. The molecule has 6 nitrogen and oxygen atoms in total. The Kier molecular flexibility index (Phi) is 3.41. The number of hydrogen-bond acceptors (Lipinski definition) is 5. The van der Waals surface area contributed by atoms with Crippen molar-refractivity contribution in [1.29, 1.82) is 0 Å². The lowest BCUT2D eigenvalue weighted by molar-refractivity contribution is 0.101. The van der Waals surface area contributed by atoms with E-state index in [2.05, 4.69) is 15.3 Å². The van der Waals surface area contributed by atoms with Gasteiger partial charge in [0, 0.05) is 23.7 Å². The minimum Gasteiger partial charge on any atom is -0.399 e.